The van der Waals surface area contributed by atoms with Crippen molar-refractivity contribution in [3.63, 3.8) is 0 Å². The zero-order chi connectivity index (χ0) is 14.1. The fourth-order valence-corrected chi connectivity index (χ4v) is 3.24. The SMILES string of the molecule is O=C1C2CCC(O2)C(=O)N1Cc1cc(C#CCO)cs1. The van der Waals surface area contributed by atoms with Crippen LogP contribution in [0.2, 0.25) is 0 Å². The van der Waals surface area contributed by atoms with E-state index in [1.807, 2.05) is 11.4 Å². The average molecular weight is 291 g/mol. The van der Waals surface area contributed by atoms with Crippen LogP contribution in [0.5, 0.6) is 0 Å². The van der Waals surface area contributed by atoms with E-state index >= 15 is 0 Å². The molecule has 1 N–H and O–H groups in total. The van der Waals surface area contributed by atoms with Crippen molar-refractivity contribution < 1.29 is 19.4 Å². The van der Waals surface area contributed by atoms with Crippen molar-refractivity contribution in [2.45, 2.75) is 31.6 Å². The molecule has 0 aliphatic carbocycles. The van der Waals surface area contributed by atoms with Crippen molar-refractivity contribution in [2.24, 2.45) is 0 Å². The fourth-order valence-electron chi connectivity index (χ4n) is 2.44. The smallest absolute Gasteiger partial charge is 0.258 e. The third-order valence-electron chi connectivity index (χ3n) is 3.38. The summed E-state index contributed by atoms with van der Waals surface area (Å²) < 4.78 is 5.36. The molecule has 1 aromatic heterocycles. The molecule has 3 heterocycles. The molecule has 0 spiro atoms. The normalized spacial score (nSPS) is 24.8. The van der Waals surface area contributed by atoms with E-state index in [0.29, 0.717) is 12.8 Å². The Labute approximate surface area is 120 Å². The molecule has 1 aromatic rings. The maximum atomic E-state index is 12.1. The molecule has 0 radical (unpaired) electrons. The van der Waals surface area contributed by atoms with Crippen LogP contribution in [0.1, 0.15) is 23.3 Å². The Balaban J connectivity index is 1.75. The van der Waals surface area contributed by atoms with E-state index in [1.165, 1.54) is 16.2 Å². The number of likely N-dealkylation sites (tertiary alicyclic amines) is 1. The Morgan fingerprint density at radius 1 is 1.35 bits per heavy atom. The van der Waals surface area contributed by atoms with Gasteiger partial charge in [-0.2, -0.15) is 0 Å². The van der Waals surface area contributed by atoms with E-state index < -0.39 is 12.2 Å². The Bertz CT molecular complexity index is 590. The lowest BCUT2D eigenvalue weighted by molar-refractivity contribution is -0.169. The van der Waals surface area contributed by atoms with Crippen LogP contribution in [-0.2, 0) is 20.9 Å². The summed E-state index contributed by atoms with van der Waals surface area (Å²) in [5.41, 5.74) is 0.787. The summed E-state index contributed by atoms with van der Waals surface area (Å²) in [7, 11) is 0. The predicted molar refractivity (Wildman–Crippen MR) is 71.7 cm³/mol. The Hall–Kier alpha value is -1.68. The number of fused-ring (bicyclic) bond motifs is 2. The third-order valence-corrected chi connectivity index (χ3v) is 4.30. The highest BCUT2D eigenvalue weighted by atomic mass is 32.1. The van der Waals surface area contributed by atoms with Gasteiger partial charge in [-0.25, -0.2) is 0 Å². The van der Waals surface area contributed by atoms with Crippen molar-refractivity contribution in [1.29, 1.82) is 0 Å². The summed E-state index contributed by atoms with van der Waals surface area (Å²) in [6.07, 6.45) is 0.352. The number of morpholine rings is 1. The van der Waals surface area contributed by atoms with Crippen molar-refractivity contribution >= 4 is 23.2 Å². The van der Waals surface area contributed by atoms with Crippen LogP contribution in [0.15, 0.2) is 11.4 Å². The number of ether oxygens (including phenoxy) is 1. The first-order valence-electron chi connectivity index (χ1n) is 6.37. The summed E-state index contributed by atoms with van der Waals surface area (Å²) in [4.78, 5) is 26.4. The first-order chi connectivity index (χ1) is 9.69. The van der Waals surface area contributed by atoms with Crippen LogP contribution in [0, 0.1) is 11.8 Å². The summed E-state index contributed by atoms with van der Waals surface area (Å²) in [6, 6.07) is 1.84. The molecule has 2 saturated heterocycles. The van der Waals surface area contributed by atoms with Crippen LogP contribution >= 0.6 is 11.3 Å². The van der Waals surface area contributed by atoms with Gasteiger partial charge in [-0.05, 0) is 18.9 Å². The molecule has 2 aliphatic rings. The van der Waals surface area contributed by atoms with Gasteiger partial charge in [-0.1, -0.05) is 11.8 Å². The van der Waals surface area contributed by atoms with E-state index in [1.54, 1.807) is 0 Å². The lowest BCUT2D eigenvalue weighted by Gasteiger charge is -2.29. The van der Waals surface area contributed by atoms with Crippen molar-refractivity contribution in [2.75, 3.05) is 6.61 Å². The highest BCUT2D eigenvalue weighted by Crippen LogP contribution is 2.30. The average Bonchev–Trinajstić information content (AvgIpc) is 3.07. The number of rotatable bonds is 2. The molecule has 5 nitrogen and oxygen atoms in total. The van der Waals surface area contributed by atoms with E-state index in [4.69, 9.17) is 9.84 Å². The predicted octanol–water partition coefficient (Wildman–Crippen LogP) is 0.508. The molecule has 2 fully saturated rings. The highest BCUT2D eigenvalue weighted by molar-refractivity contribution is 7.10. The van der Waals surface area contributed by atoms with Gasteiger partial charge in [0.25, 0.3) is 11.8 Å². The largest absolute Gasteiger partial charge is 0.384 e. The monoisotopic (exact) mass is 291 g/mol. The number of hydrogen-bond donors (Lipinski definition) is 1. The first kappa shape index (κ1) is 13.3. The second-order valence-electron chi connectivity index (χ2n) is 4.71. The van der Waals surface area contributed by atoms with Gasteiger partial charge in [0.2, 0.25) is 0 Å². The summed E-state index contributed by atoms with van der Waals surface area (Å²) in [5, 5.41) is 10.5. The Morgan fingerprint density at radius 2 is 2.05 bits per heavy atom. The molecule has 6 heteroatoms. The molecule has 3 rings (SSSR count). The number of aliphatic hydroxyl groups excluding tert-OH is 1. The van der Waals surface area contributed by atoms with Crippen LogP contribution < -0.4 is 0 Å². The maximum absolute atomic E-state index is 12.1. The minimum absolute atomic E-state index is 0.186. The number of thiophene rings is 1. The maximum Gasteiger partial charge on any atom is 0.258 e. The molecule has 2 amide bonds. The van der Waals surface area contributed by atoms with Gasteiger partial charge in [0.15, 0.2) is 0 Å². The van der Waals surface area contributed by atoms with Crippen LogP contribution in [0.3, 0.4) is 0 Å². The molecule has 2 aliphatic heterocycles. The first-order valence-corrected chi connectivity index (χ1v) is 7.25. The minimum atomic E-state index is -0.452. The van der Waals surface area contributed by atoms with Gasteiger partial charge in [0.1, 0.15) is 18.8 Å². The lowest BCUT2D eigenvalue weighted by atomic mass is 10.2. The van der Waals surface area contributed by atoms with Gasteiger partial charge < -0.3 is 9.84 Å². The van der Waals surface area contributed by atoms with Crippen LogP contribution in [0.4, 0.5) is 0 Å². The highest BCUT2D eigenvalue weighted by Gasteiger charge is 2.46. The fraction of sp³-hybridized carbons (Fsp3) is 0.429. The topological polar surface area (TPSA) is 66.8 Å². The van der Waals surface area contributed by atoms with E-state index in [9.17, 15) is 9.59 Å². The Kier molecular flexibility index (Phi) is 3.57. The van der Waals surface area contributed by atoms with Gasteiger partial charge in [0.05, 0.1) is 6.54 Å². The summed E-state index contributed by atoms with van der Waals surface area (Å²) in [5.74, 6) is 4.90. The number of hydrogen-bond acceptors (Lipinski definition) is 5. The van der Waals surface area contributed by atoms with E-state index in [0.717, 1.165) is 10.4 Å². The number of carbonyl (C=O) groups excluding carboxylic acids is 2. The van der Waals surface area contributed by atoms with Crippen molar-refractivity contribution in [1.82, 2.24) is 4.90 Å². The number of amides is 2. The van der Waals surface area contributed by atoms with Crippen LogP contribution in [0.25, 0.3) is 0 Å². The molecule has 104 valence electrons. The third kappa shape index (κ3) is 2.36. The summed E-state index contributed by atoms with van der Waals surface area (Å²) >= 11 is 1.45. The van der Waals surface area contributed by atoms with Crippen molar-refractivity contribution in [3.8, 4) is 11.8 Å². The zero-order valence-corrected chi connectivity index (χ0v) is 11.5. The van der Waals surface area contributed by atoms with Gasteiger partial charge >= 0.3 is 0 Å². The second-order valence-corrected chi connectivity index (χ2v) is 5.71. The quantitative estimate of drug-likeness (QED) is 0.637. The Morgan fingerprint density at radius 3 is 2.70 bits per heavy atom. The molecule has 2 bridgehead atoms. The zero-order valence-electron chi connectivity index (χ0n) is 10.7. The minimum Gasteiger partial charge on any atom is -0.384 e. The molecular weight excluding hydrogens is 278 g/mol. The molecule has 20 heavy (non-hydrogen) atoms. The number of nitrogens with zero attached hydrogens (tertiary/aromatic N) is 1. The number of imide groups is 1. The molecule has 0 aromatic carbocycles. The molecule has 2 unspecified atom stereocenters. The number of aliphatic hydroxyl groups is 1. The molecular formula is C14H13NO4S. The van der Waals surface area contributed by atoms with E-state index in [2.05, 4.69) is 11.8 Å². The standard InChI is InChI=1S/C14H13NO4S/c16-5-1-2-9-6-10(20-8-9)7-15-13(17)11-3-4-12(19-11)14(15)18/h6,8,11-12,16H,3-5,7H2. The van der Waals surface area contributed by atoms with E-state index in [-0.39, 0.29) is 25.0 Å². The molecule has 0 saturated carbocycles. The van der Waals surface area contributed by atoms with Crippen LogP contribution in [-0.4, -0.2) is 40.6 Å². The number of carbonyl (C=O) groups is 2. The van der Waals surface area contributed by atoms with Gasteiger partial charge in [-0.3, -0.25) is 14.5 Å². The second kappa shape index (κ2) is 5.37. The summed E-state index contributed by atoms with van der Waals surface area (Å²) in [6.45, 7) is 0.0917. The lowest BCUT2D eigenvalue weighted by Crippen LogP contribution is -2.51. The van der Waals surface area contributed by atoms with Crippen molar-refractivity contribution in [3.05, 3.63) is 21.9 Å². The van der Waals surface area contributed by atoms with Gasteiger partial charge in [-0.15, -0.1) is 11.3 Å². The van der Waals surface area contributed by atoms with Gasteiger partial charge in [0, 0.05) is 15.8 Å². The molecule has 2 atom stereocenters.